The summed E-state index contributed by atoms with van der Waals surface area (Å²) in [6.45, 7) is 2.29. The molecule has 0 amide bonds. The number of benzene rings is 2. The summed E-state index contributed by atoms with van der Waals surface area (Å²) in [6.07, 6.45) is 19.2. The molecule has 0 atom stereocenters. The van der Waals surface area contributed by atoms with E-state index in [0.29, 0.717) is 11.5 Å². The summed E-state index contributed by atoms with van der Waals surface area (Å²) in [4.78, 5) is 0. The van der Waals surface area contributed by atoms with Gasteiger partial charge in [0.2, 0.25) is 0 Å². The highest BCUT2D eigenvalue weighted by atomic mass is 19.2. The molecule has 39 heavy (non-hydrogen) atoms. The molecule has 0 heterocycles. The van der Waals surface area contributed by atoms with Gasteiger partial charge >= 0.3 is 0 Å². The zero-order chi connectivity index (χ0) is 27.4. The lowest BCUT2D eigenvalue weighted by Crippen LogP contribution is -2.25. The molecular formula is C35H46F4. The maximum Gasteiger partial charge on any atom is 0.194 e. The second kappa shape index (κ2) is 13.2. The average molecular weight is 543 g/mol. The molecule has 0 spiro atoms. The predicted molar refractivity (Wildman–Crippen MR) is 151 cm³/mol. The first-order valence-electron chi connectivity index (χ1n) is 15.9. The normalized spacial score (nSPS) is 29.9. The first-order valence-corrected chi connectivity index (χ1v) is 15.9. The Balaban J connectivity index is 1.10. The van der Waals surface area contributed by atoms with Crippen LogP contribution in [0.25, 0.3) is 0 Å². The largest absolute Gasteiger partial charge is 0.207 e. The van der Waals surface area contributed by atoms with Gasteiger partial charge in [-0.3, -0.25) is 0 Å². The smallest absolute Gasteiger partial charge is 0.194 e. The molecule has 0 aromatic heterocycles. The van der Waals surface area contributed by atoms with Crippen LogP contribution in [0.3, 0.4) is 0 Å². The quantitative estimate of drug-likeness (QED) is 0.177. The second-order valence-corrected chi connectivity index (χ2v) is 13.0. The molecular weight excluding hydrogens is 496 g/mol. The summed E-state index contributed by atoms with van der Waals surface area (Å²) in [5.41, 5.74) is 2.44. The van der Waals surface area contributed by atoms with E-state index in [-0.39, 0.29) is 17.7 Å². The molecule has 0 bridgehead atoms. The molecule has 4 heteroatoms. The minimum Gasteiger partial charge on any atom is -0.207 e. The summed E-state index contributed by atoms with van der Waals surface area (Å²) in [7, 11) is 0. The Labute approximate surface area is 233 Å². The van der Waals surface area contributed by atoms with Crippen LogP contribution in [-0.4, -0.2) is 0 Å². The van der Waals surface area contributed by atoms with Crippen LogP contribution in [0.5, 0.6) is 0 Å². The van der Waals surface area contributed by atoms with Crippen molar-refractivity contribution in [3.8, 4) is 0 Å². The summed E-state index contributed by atoms with van der Waals surface area (Å²) in [6, 6.07) is 8.18. The van der Waals surface area contributed by atoms with E-state index >= 15 is 4.39 Å². The van der Waals surface area contributed by atoms with Gasteiger partial charge in [0.05, 0.1) is 0 Å². The highest BCUT2D eigenvalue weighted by Crippen LogP contribution is 2.46. The first-order chi connectivity index (χ1) is 18.9. The molecule has 3 aliphatic rings. The Hall–Kier alpha value is -1.84. The van der Waals surface area contributed by atoms with Crippen molar-refractivity contribution in [2.24, 2.45) is 17.8 Å². The molecule has 5 rings (SSSR count). The SMILES string of the molecule is CCCCCC1CCC(C2CCC(c3ccc(C4CCC(c5cc(F)c(F)c(F)c5)CC4)c(F)c3)CC2)CC1. The van der Waals surface area contributed by atoms with Gasteiger partial charge in [0.25, 0.3) is 0 Å². The van der Waals surface area contributed by atoms with Crippen LogP contribution in [0.4, 0.5) is 17.6 Å². The predicted octanol–water partition coefficient (Wildman–Crippen LogP) is 11.3. The molecule has 3 aliphatic carbocycles. The Morgan fingerprint density at radius 2 is 1.08 bits per heavy atom. The number of halogens is 4. The second-order valence-electron chi connectivity index (χ2n) is 13.0. The maximum atomic E-state index is 15.3. The lowest BCUT2D eigenvalue weighted by molar-refractivity contribution is 0.155. The van der Waals surface area contributed by atoms with Gasteiger partial charge in [0.15, 0.2) is 17.5 Å². The van der Waals surface area contributed by atoms with Gasteiger partial charge in [-0.25, -0.2) is 17.6 Å². The van der Waals surface area contributed by atoms with Crippen molar-refractivity contribution in [3.63, 3.8) is 0 Å². The van der Waals surface area contributed by atoms with Crippen molar-refractivity contribution in [2.75, 3.05) is 0 Å². The Kier molecular flexibility index (Phi) is 9.72. The van der Waals surface area contributed by atoms with Crippen LogP contribution >= 0.6 is 0 Å². The van der Waals surface area contributed by atoms with Gasteiger partial charge in [-0.1, -0.05) is 57.6 Å². The van der Waals surface area contributed by atoms with Gasteiger partial charge in [-0.05, 0) is 135 Å². The van der Waals surface area contributed by atoms with E-state index in [9.17, 15) is 13.2 Å². The number of unbranched alkanes of at least 4 members (excludes halogenated alkanes) is 2. The first kappa shape index (κ1) is 28.7. The summed E-state index contributed by atoms with van der Waals surface area (Å²) in [5, 5.41) is 0. The third-order valence-corrected chi connectivity index (χ3v) is 10.7. The molecule has 0 N–H and O–H groups in total. The molecule has 0 unspecified atom stereocenters. The molecule has 3 fully saturated rings. The molecule has 0 radical (unpaired) electrons. The van der Waals surface area contributed by atoms with Crippen molar-refractivity contribution in [1.29, 1.82) is 0 Å². The van der Waals surface area contributed by atoms with Gasteiger partial charge in [-0.15, -0.1) is 0 Å². The molecule has 0 saturated heterocycles. The average Bonchev–Trinajstić information content (AvgIpc) is 2.96. The van der Waals surface area contributed by atoms with E-state index in [1.807, 2.05) is 6.07 Å². The van der Waals surface area contributed by atoms with E-state index in [1.165, 1.54) is 77.0 Å². The summed E-state index contributed by atoms with van der Waals surface area (Å²) in [5.74, 6) is -0.463. The van der Waals surface area contributed by atoms with Crippen LogP contribution in [0, 0.1) is 41.0 Å². The van der Waals surface area contributed by atoms with Crippen molar-refractivity contribution >= 4 is 0 Å². The van der Waals surface area contributed by atoms with Crippen molar-refractivity contribution in [3.05, 3.63) is 70.3 Å². The fourth-order valence-electron chi connectivity index (χ4n) is 8.23. The van der Waals surface area contributed by atoms with Crippen LogP contribution in [0.15, 0.2) is 30.3 Å². The van der Waals surface area contributed by atoms with Crippen LogP contribution in [-0.2, 0) is 0 Å². The van der Waals surface area contributed by atoms with Crippen LogP contribution < -0.4 is 0 Å². The van der Waals surface area contributed by atoms with Gasteiger partial charge < -0.3 is 0 Å². The van der Waals surface area contributed by atoms with Gasteiger partial charge in [0.1, 0.15) is 5.82 Å². The fraction of sp³-hybridized carbons (Fsp3) is 0.657. The maximum absolute atomic E-state index is 15.3. The lowest BCUT2D eigenvalue weighted by Gasteiger charge is -2.38. The number of hydrogen-bond acceptors (Lipinski definition) is 0. The molecule has 3 saturated carbocycles. The fourth-order valence-corrected chi connectivity index (χ4v) is 8.23. The molecule has 2 aromatic carbocycles. The standard InChI is InChI=1S/C35H46F4/c1-2-3-4-5-23-6-8-24(9-7-23)25-10-12-26(13-11-25)29-18-19-31(32(36)20-29)28-16-14-27(15-17-28)30-21-33(37)35(39)34(38)22-30/h18-28H,2-17H2,1H3. The minimum absolute atomic E-state index is 0.0144. The van der Waals surface area contributed by atoms with Gasteiger partial charge in [-0.2, -0.15) is 0 Å². The Morgan fingerprint density at radius 3 is 1.67 bits per heavy atom. The van der Waals surface area contributed by atoms with Crippen LogP contribution in [0.2, 0.25) is 0 Å². The Morgan fingerprint density at radius 1 is 0.564 bits per heavy atom. The third-order valence-electron chi connectivity index (χ3n) is 10.7. The highest BCUT2D eigenvalue weighted by molar-refractivity contribution is 5.31. The summed E-state index contributed by atoms with van der Waals surface area (Å²) >= 11 is 0. The highest BCUT2D eigenvalue weighted by Gasteiger charge is 2.32. The molecule has 0 nitrogen and oxygen atoms in total. The zero-order valence-electron chi connectivity index (χ0n) is 23.7. The molecule has 2 aromatic rings. The third kappa shape index (κ3) is 6.91. The van der Waals surface area contributed by atoms with E-state index in [1.54, 1.807) is 6.07 Å². The van der Waals surface area contributed by atoms with Crippen LogP contribution in [0.1, 0.15) is 144 Å². The topological polar surface area (TPSA) is 0 Å². The van der Waals surface area contributed by atoms with E-state index in [4.69, 9.17) is 0 Å². The van der Waals surface area contributed by atoms with Gasteiger partial charge in [0, 0.05) is 0 Å². The zero-order valence-corrected chi connectivity index (χ0v) is 23.7. The van der Waals surface area contributed by atoms with E-state index in [2.05, 4.69) is 13.0 Å². The van der Waals surface area contributed by atoms with Crippen molar-refractivity contribution in [1.82, 2.24) is 0 Å². The van der Waals surface area contributed by atoms with Crippen molar-refractivity contribution < 1.29 is 17.6 Å². The lowest BCUT2D eigenvalue weighted by atomic mass is 9.68. The number of hydrogen-bond donors (Lipinski definition) is 0. The van der Waals surface area contributed by atoms with E-state index in [0.717, 1.165) is 66.7 Å². The monoisotopic (exact) mass is 542 g/mol. The van der Waals surface area contributed by atoms with E-state index < -0.39 is 17.5 Å². The Bertz CT molecular complexity index is 1050. The minimum atomic E-state index is -1.41. The van der Waals surface area contributed by atoms with Crippen molar-refractivity contribution in [2.45, 2.75) is 127 Å². The summed E-state index contributed by atoms with van der Waals surface area (Å²) < 4.78 is 56.1. The molecule has 0 aliphatic heterocycles. The number of rotatable bonds is 8. The molecule has 214 valence electrons.